The first kappa shape index (κ1) is 20.3. The summed E-state index contributed by atoms with van der Waals surface area (Å²) in [4.78, 5) is 6.52. The lowest BCUT2D eigenvalue weighted by molar-refractivity contribution is 0.180. The van der Waals surface area contributed by atoms with Crippen LogP contribution in [0.15, 0.2) is 35.3 Å². The molecule has 0 spiro atoms. The van der Waals surface area contributed by atoms with Crippen molar-refractivity contribution in [3.63, 3.8) is 0 Å². The second-order valence-electron chi connectivity index (χ2n) is 5.59. The van der Waals surface area contributed by atoms with Crippen LogP contribution in [-0.4, -0.2) is 71.5 Å². The molecule has 1 aromatic rings. The summed E-state index contributed by atoms with van der Waals surface area (Å²) in [5.74, 6) is 1.75. The van der Waals surface area contributed by atoms with Crippen LogP contribution >= 0.6 is 0 Å². The van der Waals surface area contributed by atoms with Crippen molar-refractivity contribution in [2.24, 2.45) is 4.99 Å². The normalized spacial score (nSPS) is 11.6. The van der Waals surface area contributed by atoms with E-state index < -0.39 is 0 Å². The number of hydrogen-bond acceptors (Lipinski definition) is 4. The molecule has 6 nitrogen and oxygen atoms in total. The zero-order valence-corrected chi connectivity index (χ0v) is 15.3. The number of rotatable bonds is 12. The highest BCUT2D eigenvalue weighted by Gasteiger charge is 2.00. The molecule has 0 aliphatic heterocycles. The first-order valence-electron chi connectivity index (χ1n) is 8.56. The van der Waals surface area contributed by atoms with Gasteiger partial charge >= 0.3 is 0 Å². The number of guanidine groups is 1. The van der Waals surface area contributed by atoms with Crippen molar-refractivity contribution in [1.82, 2.24) is 15.5 Å². The van der Waals surface area contributed by atoms with E-state index in [0.29, 0.717) is 6.61 Å². The van der Waals surface area contributed by atoms with Gasteiger partial charge in [-0.25, -0.2) is 0 Å². The molecule has 0 saturated heterocycles. The first-order valence-corrected chi connectivity index (χ1v) is 8.56. The first-order chi connectivity index (χ1) is 11.8. The van der Waals surface area contributed by atoms with Crippen LogP contribution in [0, 0.1) is 0 Å². The van der Waals surface area contributed by atoms with Gasteiger partial charge in [-0.1, -0.05) is 18.2 Å². The molecule has 24 heavy (non-hydrogen) atoms. The average molecular weight is 336 g/mol. The number of benzene rings is 1. The van der Waals surface area contributed by atoms with Gasteiger partial charge in [-0.3, -0.25) is 4.99 Å². The van der Waals surface area contributed by atoms with E-state index in [0.717, 1.165) is 57.3 Å². The molecule has 0 heterocycles. The van der Waals surface area contributed by atoms with Crippen molar-refractivity contribution in [2.75, 3.05) is 60.6 Å². The van der Waals surface area contributed by atoms with E-state index in [1.807, 2.05) is 30.3 Å². The lowest BCUT2D eigenvalue weighted by atomic mass is 10.3. The van der Waals surface area contributed by atoms with Crippen LogP contribution in [0.3, 0.4) is 0 Å². The number of aliphatic imine (C=N–C) groups is 1. The molecule has 0 radical (unpaired) electrons. The Labute approximate surface area is 146 Å². The number of hydrogen-bond donors (Lipinski definition) is 2. The van der Waals surface area contributed by atoms with Crippen molar-refractivity contribution >= 4 is 5.96 Å². The second kappa shape index (κ2) is 13.6. The third-order valence-electron chi connectivity index (χ3n) is 3.52. The van der Waals surface area contributed by atoms with E-state index >= 15 is 0 Å². The molecule has 1 aromatic carbocycles. The Morgan fingerprint density at radius 1 is 1.04 bits per heavy atom. The molecule has 0 unspecified atom stereocenters. The number of ether oxygens (including phenoxy) is 2. The van der Waals surface area contributed by atoms with E-state index in [9.17, 15) is 0 Å². The van der Waals surface area contributed by atoms with Crippen LogP contribution in [-0.2, 0) is 4.74 Å². The summed E-state index contributed by atoms with van der Waals surface area (Å²) in [5, 5.41) is 6.63. The number of methoxy groups -OCH3 is 1. The number of para-hydroxylation sites is 1. The fourth-order valence-corrected chi connectivity index (χ4v) is 2.16. The van der Waals surface area contributed by atoms with Crippen LogP contribution in [0.4, 0.5) is 0 Å². The molecule has 0 amide bonds. The molecule has 0 bridgehead atoms. The highest BCUT2D eigenvalue weighted by molar-refractivity contribution is 5.79. The van der Waals surface area contributed by atoms with Gasteiger partial charge < -0.3 is 25.0 Å². The third kappa shape index (κ3) is 10.1. The van der Waals surface area contributed by atoms with Gasteiger partial charge in [0.25, 0.3) is 0 Å². The predicted octanol–water partition coefficient (Wildman–Crippen LogP) is 1.59. The van der Waals surface area contributed by atoms with Crippen LogP contribution < -0.4 is 15.4 Å². The topological polar surface area (TPSA) is 58.1 Å². The minimum Gasteiger partial charge on any atom is -0.494 e. The van der Waals surface area contributed by atoms with Crippen LogP contribution in [0.25, 0.3) is 0 Å². The smallest absolute Gasteiger partial charge is 0.191 e. The molecule has 0 fully saturated rings. The molecule has 0 aromatic heterocycles. The molecular weight excluding hydrogens is 304 g/mol. The zero-order valence-electron chi connectivity index (χ0n) is 15.3. The lowest BCUT2D eigenvalue weighted by Gasteiger charge is -2.18. The van der Waals surface area contributed by atoms with E-state index in [2.05, 4.69) is 27.6 Å². The Bertz CT molecular complexity index is 440. The van der Waals surface area contributed by atoms with Gasteiger partial charge in [0.05, 0.1) is 6.61 Å². The maximum atomic E-state index is 5.66. The summed E-state index contributed by atoms with van der Waals surface area (Å²) in [6.07, 6.45) is 1.98. The van der Waals surface area contributed by atoms with Gasteiger partial charge in [-0.2, -0.15) is 0 Å². The van der Waals surface area contributed by atoms with Crippen LogP contribution in [0.1, 0.15) is 12.8 Å². The number of likely N-dealkylation sites (N-methyl/N-ethyl adjacent to an activating group) is 1. The summed E-state index contributed by atoms with van der Waals surface area (Å²) < 4.78 is 10.7. The largest absolute Gasteiger partial charge is 0.494 e. The minimum absolute atomic E-state index is 0.691. The third-order valence-corrected chi connectivity index (χ3v) is 3.52. The Morgan fingerprint density at radius 3 is 2.50 bits per heavy atom. The Kier molecular flexibility index (Phi) is 11.5. The minimum atomic E-state index is 0.691. The predicted molar refractivity (Wildman–Crippen MR) is 99.9 cm³/mol. The molecular formula is C18H32N4O2. The fourth-order valence-electron chi connectivity index (χ4n) is 2.16. The summed E-state index contributed by atoms with van der Waals surface area (Å²) in [6.45, 7) is 5.21. The molecule has 2 N–H and O–H groups in total. The quantitative estimate of drug-likeness (QED) is 0.345. The zero-order chi connectivity index (χ0) is 17.5. The maximum absolute atomic E-state index is 5.66. The maximum Gasteiger partial charge on any atom is 0.191 e. The standard InChI is InChI=1S/C18H32N4O2/c1-19-18(21-12-14-22(2)13-8-15-23-3)20-11-7-16-24-17-9-5-4-6-10-17/h4-6,9-10H,7-8,11-16H2,1-3H3,(H2,19,20,21). The van der Waals surface area contributed by atoms with E-state index in [-0.39, 0.29) is 0 Å². The number of nitrogens with one attached hydrogen (secondary N) is 2. The molecule has 0 aliphatic rings. The SMILES string of the molecule is CN=C(NCCCOc1ccccc1)NCCN(C)CCCOC. The molecule has 6 heteroatoms. The van der Waals surface area contributed by atoms with Crippen molar-refractivity contribution in [1.29, 1.82) is 0 Å². The Morgan fingerprint density at radius 2 is 1.79 bits per heavy atom. The van der Waals surface area contributed by atoms with Gasteiger partial charge in [0.1, 0.15) is 5.75 Å². The van der Waals surface area contributed by atoms with Crippen molar-refractivity contribution in [3.8, 4) is 5.75 Å². The van der Waals surface area contributed by atoms with Gasteiger partial charge in [-0.15, -0.1) is 0 Å². The summed E-state index contributed by atoms with van der Waals surface area (Å²) >= 11 is 0. The van der Waals surface area contributed by atoms with Gasteiger partial charge in [-0.05, 0) is 32.0 Å². The van der Waals surface area contributed by atoms with Gasteiger partial charge in [0, 0.05) is 46.9 Å². The monoisotopic (exact) mass is 336 g/mol. The number of nitrogens with zero attached hydrogens (tertiary/aromatic N) is 2. The van der Waals surface area contributed by atoms with E-state index in [1.165, 1.54) is 0 Å². The van der Waals surface area contributed by atoms with Gasteiger partial charge in [0.15, 0.2) is 5.96 Å². The lowest BCUT2D eigenvalue weighted by Crippen LogP contribution is -2.41. The van der Waals surface area contributed by atoms with Crippen molar-refractivity contribution in [2.45, 2.75) is 12.8 Å². The molecule has 0 atom stereocenters. The fraction of sp³-hybridized carbons (Fsp3) is 0.611. The Hall–Kier alpha value is -1.79. The summed E-state index contributed by atoms with van der Waals surface area (Å²) in [6, 6.07) is 9.88. The average Bonchev–Trinajstić information content (AvgIpc) is 2.61. The summed E-state index contributed by atoms with van der Waals surface area (Å²) in [7, 11) is 5.65. The van der Waals surface area contributed by atoms with E-state index in [1.54, 1.807) is 14.2 Å². The highest BCUT2D eigenvalue weighted by Crippen LogP contribution is 2.07. The Balaban J connectivity index is 2.04. The molecule has 136 valence electrons. The van der Waals surface area contributed by atoms with E-state index in [4.69, 9.17) is 9.47 Å². The van der Waals surface area contributed by atoms with Crippen LogP contribution in [0.2, 0.25) is 0 Å². The van der Waals surface area contributed by atoms with Crippen molar-refractivity contribution in [3.05, 3.63) is 30.3 Å². The second-order valence-corrected chi connectivity index (χ2v) is 5.59. The van der Waals surface area contributed by atoms with Crippen LogP contribution in [0.5, 0.6) is 5.75 Å². The molecule has 0 aliphatic carbocycles. The molecule has 1 rings (SSSR count). The molecule has 0 saturated carbocycles. The summed E-state index contributed by atoms with van der Waals surface area (Å²) in [5.41, 5.74) is 0. The van der Waals surface area contributed by atoms with Crippen molar-refractivity contribution < 1.29 is 9.47 Å². The van der Waals surface area contributed by atoms with Gasteiger partial charge in [0.2, 0.25) is 0 Å². The highest BCUT2D eigenvalue weighted by atomic mass is 16.5.